The zero-order valence-corrected chi connectivity index (χ0v) is 20.7. The Bertz CT molecular complexity index is 1340. The summed E-state index contributed by atoms with van der Waals surface area (Å²) < 4.78 is 1.98. The molecular formula is C28H27N5O2S. The normalized spacial score (nSPS) is 13.7. The number of carbonyl (C=O) groups excluding carboxylic acids is 2. The number of para-hydroxylation sites is 1. The van der Waals surface area contributed by atoms with Gasteiger partial charge in [0.2, 0.25) is 11.8 Å². The monoisotopic (exact) mass is 497 g/mol. The lowest BCUT2D eigenvalue weighted by Crippen LogP contribution is -2.28. The molecular weight excluding hydrogens is 470 g/mol. The SMILES string of the molecule is CC(NC(=O)CSc1nnc(-c2ccccc2)n1-c1ccccc1)c1ccc(NC(=O)C2CC2)cc1. The molecule has 36 heavy (non-hydrogen) atoms. The lowest BCUT2D eigenvalue weighted by atomic mass is 10.1. The number of thioether (sulfide) groups is 1. The average Bonchev–Trinajstić information content (AvgIpc) is 3.68. The van der Waals surface area contributed by atoms with Crippen LogP contribution >= 0.6 is 11.8 Å². The fourth-order valence-electron chi connectivity index (χ4n) is 3.89. The summed E-state index contributed by atoms with van der Waals surface area (Å²) in [6, 6.07) is 27.2. The molecule has 1 unspecified atom stereocenters. The Kier molecular flexibility index (Phi) is 7.13. The third-order valence-electron chi connectivity index (χ3n) is 6.02. The number of rotatable bonds is 9. The molecule has 0 bridgehead atoms. The molecule has 0 radical (unpaired) electrons. The Balaban J connectivity index is 1.23. The second kappa shape index (κ2) is 10.8. The van der Waals surface area contributed by atoms with Crippen molar-refractivity contribution in [2.24, 2.45) is 5.92 Å². The number of benzene rings is 3. The molecule has 4 aromatic rings. The molecule has 5 rings (SSSR count). The molecule has 0 spiro atoms. The number of nitrogens with zero attached hydrogens (tertiary/aromatic N) is 3. The van der Waals surface area contributed by atoms with E-state index >= 15 is 0 Å². The smallest absolute Gasteiger partial charge is 0.230 e. The van der Waals surface area contributed by atoms with Gasteiger partial charge in [-0.25, -0.2) is 0 Å². The van der Waals surface area contributed by atoms with Gasteiger partial charge in [0, 0.05) is 22.9 Å². The van der Waals surface area contributed by atoms with Crippen LogP contribution in [0.3, 0.4) is 0 Å². The zero-order valence-electron chi connectivity index (χ0n) is 19.9. The van der Waals surface area contributed by atoms with Crippen LogP contribution in [0.15, 0.2) is 90.1 Å². The predicted octanol–water partition coefficient (Wildman–Crippen LogP) is 5.25. The van der Waals surface area contributed by atoms with Crippen LogP contribution in [0.4, 0.5) is 5.69 Å². The van der Waals surface area contributed by atoms with Gasteiger partial charge >= 0.3 is 0 Å². The summed E-state index contributed by atoms with van der Waals surface area (Å²) in [6.07, 6.45) is 1.94. The van der Waals surface area contributed by atoms with Gasteiger partial charge in [-0.05, 0) is 49.6 Å². The highest BCUT2D eigenvalue weighted by atomic mass is 32.2. The van der Waals surface area contributed by atoms with E-state index in [1.165, 1.54) is 11.8 Å². The van der Waals surface area contributed by atoms with Crippen LogP contribution in [-0.2, 0) is 9.59 Å². The van der Waals surface area contributed by atoms with Gasteiger partial charge in [0.25, 0.3) is 0 Å². The Hall–Kier alpha value is -3.91. The van der Waals surface area contributed by atoms with Gasteiger partial charge in [0.1, 0.15) is 0 Å². The molecule has 0 aliphatic heterocycles. The highest BCUT2D eigenvalue weighted by Gasteiger charge is 2.29. The Morgan fingerprint density at radius 1 is 0.944 bits per heavy atom. The first-order chi connectivity index (χ1) is 17.6. The standard InChI is InChI=1S/C28H27N5O2S/c1-19(20-14-16-23(17-15-20)30-27(35)22-12-13-22)29-25(34)18-36-28-32-31-26(21-8-4-2-5-9-21)33(28)24-10-6-3-7-11-24/h2-11,14-17,19,22H,12-13,18H2,1H3,(H,29,34)(H,30,35). The van der Waals surface area contributed by atoms with Crippen LogP contribution in [0.5, 0.6) is 0 Å². The third-order valence-corrected chi connectivity index (χ3v) is 6.94. The van der Waals surface area contributed by atoms with Crippen molar-refractivity contribution >= 4 is 29.3 Å². The van der Waals surface area contributed by atoms with Crippen LogP contribution in [0.25, 0.3) is 17.1 Å². The molecule has 1 heterocycles. The quantitative estimate of drug-likeness (QED) is 0.308. The first kappa shape index (κ1) is 23.8. The molecule has 8 heteroatoms. The number of hydrogen-bond donors (Lipinski definition) is 2. The molecule has 1 saturated carbocycles. The van der Waals surface area contributed by atoms with Crippen LogP contribution in [0.1, 0.15) is 31.4 Å². The van der Waals surface area contributed by atoms with Crippen molar-refractivity contribution in [2.45, 2.75) is 31.0 Å². The van der Waals surface area contributed by atoms with Gasteiger partial charge < -0.3 is 10.6 Å². The summed E-state index contributed by atoms with van der Waals surface area (Å²) in [5.41, 5.74) is 3.64. The van der Waals surface area contributed by atoms with Gasteiger partial charge in [-0.3, -0.25) is 14.2 Å². The van der Waals surface area contributed by atoms with E-state index < -0.39 is 0 Å². The Morgan fingerprint density at radius 3 is 2.28 bits per heavy atom. The molecule has 7 nitrogen and oxygen atoms in total. The predicted molar refractivity (Wildman–Crippen MR) is 142 cm³/mol. The van der Waals surface area contributed by atoms with E-state index in [9.17, 15) is 9.59 Å². The Morgan fingerprint density at radius 2 is 1.61 bits per heavy atom. The van der Waals surface area contributed by atoms with Crippen LogP contribution in [0, 0.1) is 5.92 Å². The molecule has 3 aromatic carbocycles. The van der Waals surface area contributed by atoms with E-state index in [4.69, 9.17) is 0 Å². The molecule has 1 aromatic heterocycles. The number of aromatic nitrogens is 3. The van der Waals surface area contributed by atoms with Crippen LogP contribution < -0.4 is 10.6 Å². The summed E-state index contributed by atoms with van der Waals surface area (Å²) in [5.74, 6) is 1.09. The third kappa shape index (κ3) is 5.66. The van der Waals surface area contributed by atoms with Crippen molar-refractivity contribution in [3.05, 3.63) is 90.5 Å². The fourth-order valence-corrected chi connectivity index (χ4v) is 4.65. The summed E-state index contributed by atoms with van der Waals surface area (Å²) in [5, 5.41) is 15.4. The second-order valence-electron chi connectivity index (χ2n) is 8.81. The Labute approximate surface area is 214 Å². The van der Waals surface area contributed by atoms with Gasteiger partial charge in [0.15, 0.2) is 11.0 Å². The van der Waals surface area contributed by atoms with E-state index in [2.05, 4.69) is 20.8 Å². The maximum atomic E-state index is 12.8. The highest BCUT2D eigenvalue weighted by molar-refractivity contribution is 7.99. The molecule has 1 aliphatic rings. The summed E-state index contributed by atoms with van der Waals surface area (Å²) >= 11 is 1.35. The van der Waals surface area contributed by atoms with Crippen LogP contribution in [0.2, 0.25) is 0 Å². The molecule has 2 N–H and O–H groups in total. The van der Waals surface area contributed by atoms with E-state index in [1.54, 1.807) is 0 Å². The first-order valence-electron chi connectivity index (χ1n) is 12.0. The van der Waals surface area contributed by atoms with E-state index in [0.29, 0.717) is 5.16 Å². The zero-order chi connectivity index (χ0) is 24.9. The van der Waals surface area contributed by atoms with Crippen molar-refractivity contribution in [3.8, 4) is 17.1 Å². The summed E-state index contributed by atoms with van der Waals surface area (Å²) in [4.78, 5) is 24.7. The van der Waals surface area contributed by atoms with E-state index in [1.807, 2.05) is 96.4 Å². The lowest BCUT2D eigenvalue weighted by Gasteiger charge is -2.15. The first-order valence-corrected chi connectivity index (χ1v) is 13.0. The van der Waals surface area contributed by atoms with Gasteiger partial charge in [-0.15, -0.1) is 10.2 Å². The largest absolute Gasteiger partial charge is 0.349 e. The van der Waals surface area contributed by atoms with Crippen molar-refractivity contribution in [1.29, 1.82) is 0 Å². The fraction of sp³-hybridized carbons (Fsp3) is 0.214. The van der Waals surface area contributed by atoms with Crippen LogP contribution in [-0.4, -0.2) is 32.3 Å². The number of nitrogens with one attached hydrogen (secondary N) is 2. The number of carbonyl (C=O) groups is 2. The highest BCUT2D eigenvalue weighted by Crippen LogP contribution is 2.30. The molecule has 1 atom stereocenters. The minimum absolute atomic E-state index is 0.0832. The molecule has 1 fully saturated rings. The lowest BCUT2D eigenvalue weighted by molar-refractivity contribution is -0.119. The molecule has 2 amide bonds. The minimum atomic E-state index is -0.168. The number of hydrogen-bond acceptors (Lipinski definition) is 5. The number of anilines is 1. The molecule has 1 aliphatic carbocycles. The maximum absolute atomic E-state index is 12.8. The average molecular weight is 498 g/mol. The summed E-state index contributed by atoms with van der Waals surface area (Å²) in [7, 11) is 0. The van der Waals surface area contributed by atoms with E-state index in [-0.39, 0.29) is 29.5 Å². The van der Waals surface area contributed by atoms with E-state index in [0.717, 1.165) is 41.2 Å². The van der Waals surface area contributed by atoms with Crippen molar-refractivity contribution in [1.82, 2.24) is 20.1 Å². The topological polar surface area (TPSA) is 88.9 Å². The van der Waals surface area contributed by atoms with Crippen molar-refractivity contribution in [2.75, 3.05) is 11.1 Å². The van der Waals surface area contributed by atoms with Gasteiger partial charge in [-0.2, -0.15) is 0 Å². The molecule has 182 valence electrons. The van der Waals surface area contributed by atoms with Gasteiger partial charge in [0.05, 0.1) is 11.8 Å². The van der Waals surface area contributed by atoms with Gasteiger partial charge in [-0.1, -0.05) is 72.4 Å². The number of amides is 2. The minimum Gasteiger partial charge on any atom is -0.349 e. The van der Waals surface area contributed by atoms with Crippen molar-refractivity contribution < 1.29 is 9.59 Å². The summed E-state index contributed by atoms with van der Waals surface area (Å²) in [6.45, 7) is 1.94. The molecule has 0 saturated heterocycles. The van der Waals surface area contributed by atoms with Crippen molar-refractivity contribution in [3.63, 3.8) is 0 Å². The maximum Gasteiger partial charge on any atom is 0.230 e. The second-order valence-corrected chi connectivity index (χ2v) is 9.75.